The van der Waals surface area contributed by atoms with Gasteiger partial charge in [-0.05, 0) is 68.7 Å². The summed E-state index contributed by atoms with van der Waals surface area (Å²) < 4.78 is 5.40. The second-order valence-electron chi connectivity index (χ2n) is 7.58. The molecule has 29 heavy (non-hydrogen) atoms. The first kappa shape index (κ1) is 19.2. The summed E-state index contributed by atoms with van der Waals surface area (Å²) in [6, 6.07) is 10.0. The molecule has 0 spiro atoms. The lowest BCUT2D eigenvalue weighted by atomic mass is 10.00. The molecule has 0 saturated heterocycles. The van der Waals surface area contributed by atoms with Crippen molar-refractivity contribution < 1.29 is 9.53 Å². The first-order chi connectivity index (χ1) is 13.9. The number of hydrogen-bond acceptors (Lipinski definition) is 4. The number of nitrogens with one attached hydrogen (secondary N) is 2. The standard InChI is InChI=1S/C23H26N4O2/c1-6-20(27(3)4)26-23(28)22-17-12-18-16-11-14(29-5)7-8-19(16)25-21(18)13(2)15(17)9-10-24-22/h7-12,20,25H,6H2,1-5H3,(H,26,28). The van der Waals surface area contributed by atoms with Crippen LogP contribution in [0.4, 0.5) is 0 Å². The van der Waals surface area contributed by atoms with Gasteiger partial charge in [-0.15, -0.1) is 0 Å². The quantitative estimate of drug-likeness (QED) is 0.501. The molecule has 1 atom stereocenters. The number of hydrogen-bond donors (Lipinski definition) is 2. The first-order valence-corrected chi connectivity index (χ1v) is 9.79. The fraction of sp³-hybridized carbons (Fsp3) is 0.304. The molecule has 2 aromatic carbocycles. The number of aryl methyl sites for hydroxylation is 1. The van der Waals surface area contributed by atoms with Crippen LogP contribution in [0.15, 0.2) is 36.5 Å². The van der Waals surface area contributed by atoms with Crippen molar-refractivity contribution in [2.75, 3.05) is 21.2 Å². The number of aromatic nitrogens is 2. The van der Waals surface area contributed by atoms with Gasteiger partial charge in [-0.2, -0.15) is 0 Å². The van der Waals surface area contributed by atoms with Crippen LogP contribution in [0.1, 0.15) is 29.4 Å². The Kier molecular flexibility index (Phi) is 4.88. The van der Waals surface area contributed by atoms with Crippen LogP contribution in [0.2, 0.25) is 0 Å². The van der Waals surface area contributed by atoms with Gasteiger partial charge < -0.3 is 15.0 Å². The molecule has 1 amide bonds. The summed E-state index contributed by atoms with van der Waals surface area (Å²) in [5.74, 6) is 0.643. The molecule has 2 aromatic heterocycles. The van der Waals surface area contributed by atoms with Gasteiger partial charge in [0.25, 0.3) is 5.91 Å². The third-order valence-corrected chi connectivity index (χ3v) is 5.63. The first-order valence-electron chi connectivity index (χ1n) is 9.79. The number of aromatic amines is 1. The van der Waals surface area contributed by atoms with Crippen LogP contribution in [0.25, 0.3) is 32.6 Å². The molecule has 0 bridgehead atoms. The average molecular weight is 390 g/mol. The number of methoxy groups -OCH3 is 1. The normalized spacial score (nSPS) is 12.8. The number of carbonyl (C=O) groups excluding carboxylic acids is 1. The molecule has 0 fully saturated rings. The van der Waals surface area contributed by atoms with E-state index in [0.29, 0.717) is 5.69 Å². The van der Waals surface area contributed by atoms with Crippen LogP contribution in [-0.4, -0.2) is 48.1 Å². The Bertz CT molecular complexity index is 1230. The van der Waals surface area contributed by atoms with Gasteiger partial charge in [-0.1, -0.05) is 6.92 Å². The Hall–Kier alpha value is -3.12. The van der Waals surface area contributed by atoms with E-state index in [-0.39, 0.29) is 12.1 Å². The fourth-order valence-corrected chi connectivity index (χ4v) is 3.99. The number of ether oxygens (including phenoxy) is 1. The zero-order chi connectivity index (χ0) is 20.7. The topological polar surface area (TPSA) is 70.2 Å². The maximum atomic E-state index is 13.1. The van der Waals surface area contributed by atoms with Crippen LogP contribution >= 0.6 is 0 Å². The van der Waals surface area contributed by atoms with E-state index < -0.39 is 0 Å². The van der Waals surface area contributed by atoms with Crippen LogP contribution in [0, 0.1) is 6.92 Å². The average Bonchev–Trinajstić information content (AvgIpc) is 3.09. The molecule has 0 aliphatic rings. The van der Waals surface area contributed by atoms with Gasteiger partial charge in [-0.3, -0.25) is 14.7 Å². The van der Waals surface area contributed by atoms with Crippen LogP contribution in [0.5, 0.6) is 5.75 Å². The van der Waals surface area contributed by atoms with E-state index in [1.54, 1.807) is 13.3 Å². The van der Waals surface area contributed by atoms with Gasteiger partial charge in [0.05, 0.1) is 18.8 Å². The molecule has 4 aromatic rings. The van der Waals surface area contributed by atoms with Gasteiger partial charge in [-0.25, -0.2) is 0 Å². The third-order valence-electron chi connectivity index (χ3n) is 5.63. The largest absolute Gasteiger partial charge is 0.497 e. The van der Waals surface area contributed by atoms with Crippen molar-refractivity contribution >= 4 is 38.5 Å². The lowest BCUT2D eigenvalue weighted by Crippen LogP contribution is -2.44. The van der Waals surface area contributed by atoms with Crippen molar-refractivity contribution in [3.63, 3.8) is 0 Å². The molecule has 2 N–H and O–H groups in total. The van der Waals surface area contributed by atoms with E-state index in [0.717, 1.165) is 50.3 Å². The van der Waals surface area contributed by atoms with Crippen molar-refractivity contribution in [2.24, 2.45) is 0 Å². The minimum Gasteiger partial charge on any atom is -0.497 e. The lowest BCUT2D eigenvalue weighted by Gasteiger charge is -2.24. The zero-order valence-electron chi connectivity index (χ0n) is 17.5. The maximum absolute atomic E-state index is 13.1. The van der Waals surface area contributed by atoms with Gasteiger partial charge >= 0.3 is 0 Å². The molecule has 4 rings (SSSR count). The van der Waals surface area contributed by atoms with Crippen molar-refractivity contribution in [1.82, 2.24) is 20.2 Å². The summed E-state index contributed by atoms with van der Waals surface area (Å²) in [6.07, 6.45) is 2.48. The predicted octanol–water partition coefficient (Wildman–Crippen LogP) is 4.21. The molecule has 0 saturated carbocycles. The van der Waals surface area contributed by atoms with E-state index >= 15 is 0 Å². The van der Waals surface area contributed by atoms with Gasteiger partial charge in [0.2, 0.25) is 0 Å². The second kappa shape index (κ2) is 7.37. The molecule has 0 radical (unpaired) electrons. The number of H-pyrrole nitrogens is 1. The molecular formula is C23H26N4O2. The highest BCUT2D eigenvalue weighted by Crippen LogP contribution is 2.35. The Balaban J connectivity index is 1.94. The lowest BCUT2D eigenvalue weighted by molar-refractivity contribution is 0.0884. The summed E-state index contributed by atoms with van der Waals surface area (Å²) in [4.78, 5) is 23.0. The summed E-state index contributed by atoms with van der Waals surface area (Å²) in [6.45, 7) is 4.13. The van der Waals surface area contributed by atoms with Crippen LogP contribution in [-0.2, 0) is 0 Å². The van der Waals surface area contributed by atoms with E-state index in [9.17, 15) is 4.79 Å². The van der Waals surface area contributed by atoms with Crippen LogP contribution < -0.4 is 10.1 Å². The Morgan fingerprint density at radius 1 is 1.17 bits per heavy atom. The highest BCUT2D eigenvalue weighted by atomic mass is 16.5. The number of fused-ring (bicyclic) bond motifs is 4. The predicted molar refractivity (Wildman–Crippen MR) is 118 cm³/mol. The maximum Gasteiger partial charge on any atom is 0.271 e. The van der Waals surface area contributed by atoms with Crippen molar-refractivity contribution in [1.29, 1.82) is 0 Å². The Morgan fingerprint density at radius 3 is 2.66 bits per heavy atom. The van der Waals surface area contributed by atoms with E-state index in [2.05, 4.69) is 35.2 Å². The van der Waals surface area contributed by atoms with Gasteiger partial charge in [0, 0.05) is 27.9 Å². The summed E-state index contributed by atoms with van der Waals surface area (Å²) in [5, 5.41) is 7.09. The molecule has 6 nitrogen and oxygen atoms in total. The van der Waals surface area contributed by atoms with Crippen molar-refractivity contribution in [3.05, 3.63) is 47.8 Å². The van der Waals surface area contributed by atoms with E-state index in [4.69, 9.17) is 4.74 Å². The van der Waals surface area contributed by atoms with Crippen LogP contribution in [0.3, 0.4) is 0 Å². The minimum atomic E-state index is -0.160. The number of pyridine rings is 1. The van der Waals surface area contributed by atoms with Gasteiger partial charge in [0.1, 0.15) is 11.4 Å². The van der Waals surface area contributed by atoms with Gasteiger partial charge in [0.15, 0.2) is 0 Å². The van der Waals surface area contributed by atoms with E-state index in [1.807, 2.05) is 43.3 Å². The second-order valence-corrected chi connectivity index (χ2v) is 7.58. The van der Waals surface area contributed by atoms with Crippen molar-refractivity contribution in [2.45, 2.75) is 26.4 Å². The molecule has 6 heteroatoms. The summed E-state index contributed by atoms with van der Waals surface area (Å²) in [7, 11) is 5.58. The summed E-state index contributed by atoms with van der Waals surface area (Å²) in [5.41, 5.74) is 3.66. The fourth-order valence-electron chi connectivity index (χ4n) is 3.99. The van der Waals surface area contributed by atoms with Crippen molar-refractivity contribution in [3.8, 4) is 5.75 Å². The van der Waals surface area contributed by atoms with E-state index in [1.165, 1.54) is 0 Å². The highest BCUT2D eigenvalue weighted by Gasteiger charge is 2.19. The SMILES string of the molecule is CCC(NC(=O)c1nccc2c(C)c3[nH]c4ccc(OC)cc4c3cc12)N(C)C. The minimum absolute atomic E-state index is 0.0401. The number of nitrogens with zero attached hydrogens (tertiary/aromatic N) is 2. The Morgan fingerprint density at radius 2 is 1.97 bits per heavy atom. The molecule has 150 valence electrons. The molecule has 2 heterocycles. The number of carbonyl (C=O) groups is 1. The molecule has 0 aliphatic heterocycles. The highest BCUT2D eigenvalue weighted by molar-refractivity contribution is 6.17. The summed E-state index contributed by atoms with van der Waals surface area (Å²) >= 11 is 0. The number of benzene rings is 2. The number of amides is 1. The third kappa shape index (κ3) is 3.19. The molecule has 1 unspecified atom stereocenters. The monoisotopic (exact) mass is 390 g/mol. The Labute approximate surface area is 169 Å². The molecule has 0 aliphatic carbocycles. The zero-order valence-corrected chi connectivity index (χ0v) is 17.5. The number of rotatable bonds is 5. The smallest absolute Gasteiger partial charge is 0.271 e. The molecular weight excluding hydrogens is 364 g/mol.